The monoisotopic (exact) mass is 484 g/mol. The molecule has 2 aliphatic heterocycles. The maximum absolute atomic E-state index is 15.0. The molecular weight excluding hydrogens is 464 g/mol. The van der Waals surface area contributed by atoms with Crippen LogP contribution in [0.25, 0.3) is 0 Å². The first-order valence-electron chi connectivity index (χ1n) is 9.98. The maximum atomic E-state index is 15.0. The third-order valence-electron chi connectivity index (χ3n) is 5.55. The highest BCUT2D eigenvalue weighted by molar-refractivity contribution is 8.13. The number of aromatic nitrogens is 1. The second-order valence-electron chi connectivity index (χ2n) is 7.60. The Morgan fingerprint density at radius 1 is 1.36 bits per heavy atom. The van der Waals surface area contributed by atoms with E-state index < -0.39 is 36.7 Å². The molecule has 3 atom stereocenters. The van der Waals surface area contributed by atoms with Crippen molar-refractivity contribution < 1.29 is 31.8 Å². The molecule has 4 rings (SSSR count). The van der Waals surface area contributed by atoms with Crippen molar-refractivity contribution in [2.24, 2.45) is 16.6 Å². The van der Waals surface area contributed by atoms with Gasteiger partial charge in [0.1, 0.15) is 23.9 Å². The summed E-state index contributed by atoms with van der Waals surface area (Å²) < 4.78 is 62.8. The highest BCUT2D eigenvalue weighted by Crippen LogP contribution is 2.48. The first-order chi connectivity index (χ1) is 15.8. The van der Waals surface area contributed by atoms with Crippen molar-refractivity contribution in [2.75, 3.05) is 24.4 Å². The van der Waals surface area contributed by atoms with E-state index >= 15 is 4.39 Å². The number of nitrogens with zero attached hydrogens (tertiary/aromatic N) is 2. The number of fused-ring (bicyclic) bond motifs is 1. The molecule has 0 saturated carbocycles. The van der Waals surface area contributed by atoms with Crippen LogP contribution in [0.3, 0.4) is 0 Å². The van der Waals surface area contributed by atoms with E-state index in [0.717, 1.165) is 6.20 Å². The van der Waals surface area contributed by atoms with Crippen molar-refractivity contribution in [3.63, 3.8) is 0 Å². The van der Waals surface area contributed by atoms with E-state index in [0.29, 0.717) is 5.75 Å². The highest BCUT2D eigenvalue weighted by Gasteiger charge is 2.49. The van der Waals surface area contributed by atoms with Crippen molar-refractivity contribution in [3.8, 4) is 5.75 Å². The van der Waals surface area contributed by atoms with Crippen LogP contribution in [0, 0.1) is 11.7 Å². The number of hydrogen-bond acceptors (Lipinski definition) is 7. The number of thioether (sulfide) groups is 1. The van der Waals surface area contributed by atoms with Crippen molar-refractivity contribution >= 4 is 28.5 Å². The number of amidine groups is 1. The molecule has 0 aliphatic carbocycles. The van der Waals surface area contributed by atoms with Crippen LogP contribution in [0.2, 0.25) is 0 Å². The number of anilines is 1. The topological polar surface area (TPSA) is 98.8 Å². The normalized spacial score (nSPS) is 24.7. The molecule has 0 bridgehead atoms. The molecule has 3 heterocycles. The van der Waals surface area contributed by atoms with E-state index in [9.17, 15) is 18.0 Å². The van der Waals surface area contributed by atoms with Crippen LogP contribution >= 0.6 is 11.8 Å². The first kappa shape index (κ1) is 23.3. The summed E-state index contributed by atoms with van der Waals surface area (Å²) in [6.45, 7) is -3.55. The maximum Gasteiger partial charge on any atom is 0.387 e. The highest BCUT2D eigenvalue weighted by atomic mass is 32.2. The summed E-state index contributed by atoms with van der Waals surface area (Å²) in [7, 11) is 0. The van der Waals surface area contributed by atoms with Crippen molar-refractivity contribution in [1.29, 1.82) is 0 Å². The number of amides is 1. The van der Waals surface area contributed by atoms with Crippen molar-refractivity contribution in [1.82, 2.24) is 4.98 Å². The zero-order valence-electron chi connectivity index (χ0n) is 17.1. The molecule has 1 aromatic heterocycles. The summed E-state index contributed by atoms with van der Waals surface area (Å²) in [5.41, 5.74) is 5.22. The molecule has 12 heteroatoms. The summed E-state index contributed by atoms with van der Waals surface area (Å²) in [6, 6.07) is 6.41. The summed E-state index contributed by atoms with van der Waals surface area (Å²) in [4.78, 5) is 20.9. The van der Waals surface area contributed by atoms with Gasteiger partial charge in [0.05, 0.1) is 24.4 Å². The fraction of sp³-hybridized carbons (Fsp3) is 0.381. The molecule has 1 saturated heterocycles. The fourth-order valence-electron chi connectivity index (χ4n) is 4.01. The third-order valence-corrected chi connectivity index (χ3v) is 6.50. The number of hydrogen-bond donors (Lipinski definition) is 2. The van der Waals surface area contributed by atoms with E-state index in [-0.39, 0.29) is 46.8 Å². The van der Waals surface area contributed by atoms with E-state index in [1.807, 2.05) is 0 Å². The molecule has 1 fully saturated rings. The van der Waals surface area contributed by atoms with Gasteiger partial charge in [0.15, 0.2) is 5.17 Å². The molecule has 0 unspecified atom stereocenters. The van der Waals surface area contributed by atoms with Crippen LogP contribution < -0.4 is 15.8 Å². The van der Waals surface area contributed by atoms with Crippen LogP contribution in [0.4, 0.5) is 23.2 Å². The zero-order valence-corrected chi connectivity index (χ0v) is 18.0. The quantitative estimate of drug-likeness (QED) is 0.607. The number of alkyl halides is 3. The largest absolute Gasteiger partial charge is 0.433 e. The van der Waals surface area contributed by atoms with Gasteiger partial charge < -0.3 is 20.5 Å². The van der Waals surface area contributed by atoms with Crippen LogP contribution in [-0.4, -0.2) is 47.8 Å². The summed E-state index contributed by atoms with van der Waals surface area (Å²) in [6.07, 6.45) is 0.352. The summed E-state index contributed by atoms with van der Waals surface area (Å²) >= 11 is 1.32. The predicted molar refractivity (Wildman–Crippen MR) is 115 cm³/mol. The number of benzene rings is 1. The first-order valence-corrected chi connectivity index (χ1v) is 11.0. The van der Waals surface area contributed by atoms with Crippen molar-refractivity contribution in [2.45, 2.75) is 24.7 Å². The molecule has 176 valence electrons. The Labute approximate surface area is 190 Å². The van der Waals surface area contributed by atoms with Gasteiger partial charge in [-0.25, -0.2) is 13.8 Å². The van der Waals surface area contributed by atoms with Gasteiger partial charge in [-0.15, -0.1) is 0 Å². The third kappa shape index (κ3) is 4.91. The molecule has 0 spiro atoms. The number of ether oxygens (including phenoxy) is 2. The minimum Gasteiger partial charge on any atom is -0.433 e. The lowest BCUT2D eigenvalue weighted by molar-refractivity contribution is -0.0620. The Hall–Kier alpha value is -2.86. The second kappa shape index (κ2) is 9.56. The summed E-state index contributed by atoms with van der Waals surface area (Å²) in [5.74, 6) is -1.10. The minimum atomic E-state index is -3.01. The Balaban J connectivity index is 1.62. The molecular formula is C21H20F4N4O3S. The standard InChI is InChI=1S/C21H20F4N4O3S/c22-7-14-6-21(11(9-31-14)10-33-20(26)29-21)15-5-12(1-3-16(15)23)28-18(30)17-4-2-13(8-27-17)32-19(24)25/h1-5,8,11,14,19H,6-7,9-10H2,(H2,26,29)(H,28,30)/t11-,14+,21-/m0/s1. The molecule has 3 N–H and O–H groups in total. The van der Waals surface area contributed by atoms with Gasteiger partial charge in [0, 0.05) is 29.3 Å². The van der Waals surface area contributed by atoms with Gasteiger partial charge >= 0.3 is 6.61 Å². The Morgan fingerprint density at radius 3 is 2.88 bits per heavy atom. The number of nitrogens with two attached hydrogens (primary N) is 1. The van der Waals surface area contributed by atoms with Gasteiger partial charge in [-0.2, -0.15) is 8.78 Å². The van der Waals surface area contributed by atoms with Gasteiger partial charge in [-0.1, -0.05) is 11.8 Å². The molecule has 1 aromatic carbocycles. The minimum absolute atomic E-state index is 0.0570. The van der Waals surface area contributed by atoms with Gasteiger partial charge in [-0.05, 0) is 30.3 Å². The number of nitrogens with one attached hydrogen (secondary N) is 1. The smallest absolute Gasteiger partial charge is 0.387 e. The zero-order chi connectivity index (χ0) is 23.6. The van der Waals surface area contributed by atoms with E-state index in [1.54, 1.807) is 0 Å². The van der Waals surface area contributed by atoms with Crippen molar-refractivity contribution in [3.05, 3.63) is 53.6 Å². The average molecular weight is 484 g/mol. The molecule has 1 amide bonds. The lowest BCUT2D eigenvalue weighted by Gasteiger charge is -2.46. The predicted octanol–water partition coefficient (Wildman–Crippen LogP) is 3.71. The molecule has 0 radical (unpaired) electrons. The van der Waals surface area contributed by atoms with Crippen LogP contribution in [0.15, 0.2) is 41.5 Å². The van der Waals surface area contributed by atoms with Crippen LogP contribution in [0.5, 0.6) is 5.75 Å². The number of aliphatic imine (C=N–C) groups is 1. The Morgan fingerprint density at radius 2 is 2.18 bits per heavy atom. The molecule has 7 nitrogen and oxygen atoms in total. The van der Waals surface area contributed by atoms with Crippen LogP contribution in [0.1, 0.15) is 22.5 Å². The van der Waals surface area contributed by atoms with Gasteiger partial charge in [-0.3, -0.25) is 9.79 Å². The number of carbonyl (C=O) groups excluding carboxylic acids is 1. The number of pyridine rings is 1. The van der Waals surface area contributed by atoms with E-state index in [4.69, 9.17) is 10.5 Å². The Bertz CT molecular complexity index is 1060. The SMILES string of the molecule is NC1=N[C@@]2(c3cc(NC(=O)c4ccc(OC(F)F)cn4)ccc3F)C[C@H](CF)OC[C@H]2CS1. The lowest BCUT2D eigenvalue weighted by atomic mass is 9.73. The molecule has 33 heavy (non-hydrogen) atoms. The summed E-state index contributed by atoms with van der Waals surface area (Å²) in [5, 5.41) is 2.88. The van der Waals surface area contributed by atoms with Gasteiger partial charge in [0.25, 0.3) is 5.91 Å². The Kier molecular flexibility index (Phi) is 6.75. The molecule has 2 aromatic rings. The number of rotatable bonds is 6. The lowest BCUT2D eigenvalue weighted by Crippen LogP contribution is -2.50. The average Bonchev–Trinajstić information content (AvgIpc) is 2.79. The molecule has 2 aliphatic rings. The van der Waals surface area contributed by atoms with E-state index in [2.05, 4.69) is 20.0 Å². The fourth-order valence-corrected chi connectivity index (χ4v) is 4.98. The van der Waals surface area contributed by atoms with E-state index in [1.165, 1.54) is 42.1 Å². The second-order valence-corrected chi connectivity index (χ2v) is 8.64. The number of halogens is 4. The number of carbonyl (C=O) groups is 1. The van der Waals surface area contributed by atoms with Crippen LogP contribution in [-0.2, 0) is 10.3 Å². The van der Waals surface area contributed by atoms with Gasteiger partial charge in [0.2, 0.25) is 0 Å².